The molecule has 0 spiro atoms. The Morgan fingerprint density at radius 2 is 1.81 bits per heavy atom. The van der Waals surface area contributed by atoms with Gasteiger partial charge in [0, 0.05) is 52.3 Å². The van der Waals surface area contributed by atoms with Crippen molar-refractivity contribution in [2.45, 2.75) is 39.3 Å². The summed E-state index contributed by atoms with van der Waals surface area (Å²) in [5, 5.41) is 3.60. The number of carbonyl (C=O) groups excluding carboxylic acids is 2. The fraction of sp³-hybridized carbons (Fsp3) is 0.310. The molecule has 0 aliphatic carbocycles. The molecule has 1 aliphatic rings. The zero-order valence-corrected chi connectivity index (χ0v) is 23.0. The van der Waals surface area contributed by atoms with E-state index < -0.39 is 12.2 Å². The highest BCUT2D eigenvalue weighted by Crippen LogP contribution is 2.48. The van der Waals surface area contributed by atoms with Crippen molar-refractivity contribution in [2.24, 2.45) is 0 Å². The van der Waals surface area contributed by atoms with Gasteiger partial charge in [0.05, 0.1) is 12.6 Å². The Balaban J connectivity index is 1.97. The van der Waals surface area contributed by atoms with Crippen molar-refractivity contribution in [1.29, 1.82) is 0 Å². The van der Waals surface area contributed by atoms with Gasteiger partial charge in [-0.25, -0.2) is 4.79 Å². The number of ether oxygens (including phenoxy) is 3. The molecule has 1 aromatic heterocycles. The highest BCUT2D eigenvalue weighted by atomic mass is 32.1. The predicted molar refractivity (Wildman–Crippen MR) is 148 cm³/mol. The maximum Gasteiger partial charge on any atom is 0.414 e. The van der Waals surface area contributed by atoms with Gasteiger partial charge in [-0.15, -0.1) is 11.3 Å². The Hall–Kier alpha value is -3.78. The number of anilines is 1. The molecule has 0 saturated carbocycles. The summed E-state index contributed by atoms with van der Waals surface area (Å²) in [5.41, 5.74) is 5.31. The number of aryl methyl sites for hydroxylation is 1. The summed E-state index contributed by atoms with van der Waals surface area (Å²) in [6, 6.07) is 13.4. The average Bonchev–Trinajstić information content (AvgIpc) is 3.27. The molecule has 1 N–H and O–H groups in total. The molecule has 2 aromatic carbocycles. The molecule has 194 valence electrons. The van der Waals surface area contributed by atoms with Crippen molar-refractivity contribution in [3.8, 4) is 22.6 Å². The van der Waals surface area contributed by atoms with E-state index in [1.807, 2.05) is 37.3 Å². The van der Waals surface area contributed by atoms with Crippen LogP contribution in [0.3, 0.4) is 0 Å². The SMILES string of the molecule is COc1cc(OC(=O)N(C)C)ccc1-c1ccc2c(c1C(OC=O)c1ccc(C)s1)C(C)=CC(C)(C)N2. The number of rotatable bonds is 7. The zero-order valence-electron chi connectivity index (χ0n) is 22.2. The summed E-state index contributed by atoms with van der Waals surface area (Å²) >= 11 is 1.59. The number of carbonyl (C=O) groups is 2. The predicted octanol–water partition coefficient (Wildman–Crippen LogP) is 6.66. The maximum absolute atomic E-state index is 12.1. The molecule has 8 heteroatoms. The molecular formula is C29H32N2O5S. The second-order valence-corrected chi connectivity index (χ2v) is 11.1. The van der Waals surface area contributed by atoms with Crippen LogP contribution in [0.25, 0.3) is 16.7 Å². The van der Waals surface area contributed by atoms with Crippen LogP contribution in [0, 0.1) is 6.92 Å². The van der Waals surface area contributed by atoms with Crippen LogP contribution in [0.15, 0.2) is 48.5 Å². The van der Waals surface area contributed by atoms with E-state index in [2.05, 4.69) is 32.2 Å². The minimum atomic E-state index is -0.622. The van der Waals surface area contributed by atoms with Gasteiger partial charge < -0.3 is 24.4 Å². The van der Waals surface area contributed by atoms with Crippen LogP contribution in [-0.4, -0.2) is 44.2 Å². The molecule has 1 amide bonds. The van der Waals surface area contributed by atoms with Gasteiger partial charge in [0.1, 0.15) is 11.5 Å². The molecule has 1 aliphatic heterocycles. The van der Waals surface area contributed by atoms with E-state index in [1.54, 1.807) is 44.7 Å². The summed E-state index contributed by atoms with van der Waals surface area (Å²) in [7, 11) is 4.82. The fourth-order valence-electron chi connectivity index (χ4n) is 4.73. The second kappa shape index (κ2) is 10.3. The van der Waals surface area contributed by atoms with Crippen molar-refractivity contribution in [3.05, 3.63) is 69.4 Å². The van der Waals surface area contributed by atoms with Crippen molar-refractivity contribution in [2.75, 3.05) is 26.5 Å². The molecule has 0 saturated heterocycles. The summed E-state index contributed by atoms with van der Waals surface area (Å²) in [4.78, 5) is 27.3. The first kappa shape index (κ1) is 26.3. The lowest BCUT2D eigenvalue weighted by Gasteiger charge is -2.34. The Labute approximate surface area is 221 Å². The van der Waals surface area contributed by atoms with Gasteiger partial charge in [0.2, 0.25) is 0 Å². The van der Waals surface area contributed by atoms with Crippen LogP contribution in [0.5, 0.6) is 11.5 Å². The Bertz CT molecular complexity index is 1370. The number of allylic oxidation sites excluding steroid dienone is 1. The Morgan fingerprint density at radius 1 is 1.08 bits per heavy atom. The zero-order chi connectivity index (χ0) is 26.9. The number of benzene rings is 2. The molecule has 1 unspecified atom stereocenters. The standard InChI is InChI=1S/C29H32N2O5S/c1-17-15-29(3,4)30-22-12-11-21(20-10-9-19(14-23(20)34-7)36-28(33)31(5)6)26(25(17)22)27(35-16-32)24-13-8-18(2)37-24/h8-16,27,30H,1-7H3. The van der Waals surface area contributed by atoms with E-state index in [-0.39, 0.29) is 5.54 Å². The number of hydrogen-bond acceptors (Lipinski definition) is 7. The molecule has 2 heterocycles. The van der Waals surface area contributed by atoms with Gasteiger partial charge in [-0.05, 0) is 69.2 Å². The highest BCUT2D eigenvalue weighted by Gasteiger charge is 2.32. The van der Waals surface area contributed by atoms with Crippen LogP contribution < -0.4 is 14.8 Å². The van der Waals surface area contributed by atoms with Crippen molar-refractivity contribution >= 4 is 35.2 Å². The highest BCUT2D eigenvalue weighted by molar-refractivity contribution is 7.12. The molecule has 0 radical (unpaired) electrons. The maximum atomic E-state index is 12.1. The van der Waals surface area contributed by atoms with Crippen LogP contribution in [0.2, 0.25) is 0 Å². The molecule has 0 bridgehead atoms. The number of fused-ring (bicyclic) bond motifs is 1. The monoisotopic (exact) mass is 520 g/mol. The van der Waals surface area contributed by atoms with E-state index in [0.29, 0.717) is 18.0 Å². The summed E-state index contributed by atoms with van der Waals surface area (Å²) in [6.45, 7) is 8.84. The van der Waals surface area contributed by atoms with Crippen LogP contribution >= 0.6 is 11.3 Å². The van der Waals surface area contributed by atoms with Crippen LogP contribution in [0.1, 0.15) is 47.8 Å². The minimum Gasteiger partial charge on any atom is -0.496 e. The summed E-state index contributed by atoms with van der Waals surface area (Å²) in [5.74, 6) is 0.899. The molecule has 3 aromatic rings. The van der Waals surface area contributed by atoms with E-state index >= 15 is 0 Å². The topological polar surface area (TPSA) is 77.1 Å². The lowest BCUT2D eigenvalue weighted by molar-refractivity contribution is -0.132. The number of nitrogens with zero attached hydrogens (tertiary/aromatic N) is 1. The van der Waals surface area contributed by atoms with Gasteiger partial charge in [-0.3, -0.25) is 4.79 Å². The van der Waals surface area contributed by atoms with E-state index in [0.717, 1.165) is 43.3 Å². The normalized spacial score (nSPS) is 14.5. The molecular weight excluding hydrogens is 488 g/mol. The molecule has 0 fully saturated rings. The fourth-order valence-corrected chi connectivity index (χ4v) is 5.65. The van der Waals surface area contributed by atoms with Gasteiger partial charge in [-0.1, -0.05) is 12.1 Å². The van der Waals surface area contributed by atoms with Crippen molar-refractivity contribution in [1.82, 2.24) is 4.90 Å². The van der Waals surface area contributed by atoms with Crippen molar-refractivity contribution < 1.29 is 23.8 Å². The summed E-state index contributed by atoms with van der Waals surface area (Å²) in [6.07, 6.45) is 1.08. The van der Waals surface area contributed by atoms with Gasteiger partial charge >= 0.3 is 6.09 Å². The number of hydrogen-bond donors (Lipinski definition) is 1. The first-order valence-corrected chi connectivity index (χ1v) is 12.7. The number of thiophene rings is 1. The molecule has 4 rings (SSSR count). The van der Waals surface area contributed by atoms with E-state index in [1.165, 1.54) is 4.90 Å². The summed E-state index contributed by atoms with van der Waals surface area (Å²) < 4.78 is 17.0. The van der Waals surface area contributed by atoms with Crippen LogP contribution in [0.4, 0.5) is 10.5 Å². The van der Waals surface area contributed by atoms with E-state index in [4.69, 9.17) is 14.2 Å². The third kappa shape index (κ3) is 5.34. The minimum absolute atomic E-state index is 0.230. The van der Waals surface area contributed by atoms with Crippen LogP contribution in [-0.2, 0) is 9.53 Å². The molecule has 7 nitrogen and oxygen atoms in total. The number of nitrogens with one attached hydrogen (secondary N) is 1. The average molecular weight is 521 g/mol. The lowest BCUT2D eigenvalue weighted by Crippen LogP contribution is -2.32. The number of methoxy groups -OCH3 is 1. The van der Waals surface area contributed by atoms with Gasteiger partial charge in [-0.2, -0.15) is 0 Å². The number of amides is 1. The third-order valence-corrected chi connectivity index (χ3v) is 7.22. The van der Waals surface area contributed by atoms with E-state index in [9.17, 15) is 9.59 Å². The molecule has 1 atom stereocenters. The Morgan fingerprint density at radius 3 is 2.43 bits per heavy atom. The van der Waals surface area contributed by atoms with Gasteiger partial charge in [0.25, 0.3) is 6.47 Å². The first-order valence-electron chi connectivity index (χ1n) is 11.9. The smallest absolute Gasteiger partial charge is 0.414 e. The quantitative estimate of drug-likeness (QED) is 0.351. The second-order valence-electron chi connectivity index (χ2n) is 9.81. The Kier molecular flexibility index (Phi) is 7.32. The molecule has 37 heavy (non-hydrogen) atoms. The lowest BCUT2D eigenvalue weighted by atomic mass is 9.82. The first-order chi connectivity index (χ1) is 17.5. The van der Waals surface area contributed by atoms with Gasteiger partial charge in [0.15, 0.2) is 6.10 Å². The third-order valence-electron chi connectivity index (χ3n) is 6.18. The largest absolute Gasteiger partial charge is 0.496 e. The van der Waals surface area contributed by atoms with Crippen molar-refractivity contribution in [3.63, 3.8) is 0 Å².